The van der Waals surface area contributed by atoms with Crippen molar-refractivity contribution in [3.05, 3.63) is 36.1 Å². The number of ether oxygens (including phenoxy) is 1. The van der Waals surface area contributed by atoms with Gasteiger partial charge in [-0.05, 0) is 18.2 Å². The van der Waals surface area contributed by atoms with Gasteiger partial charge in [0.1, 0.15) is 6.26 Å². The fourth-order valence-electron chi connectivity index (χ4n) is 1.37. The first-order valence-corrected chi connectivity index (χ1v) is 5.22. The maximum atomic E-state index is 12.1. The molecule has 106 valence electrons. The number of nitrogens with zero attached hydrogens (tertiary/aromatic N) is 1. The summed E-state index contributed by atoms with van der Waals surface area (Å²) in [6.45, 7) is 0. The fourth-order valence-corrected chi connectivity index (χ4v) is 1.37. The van der Waals surface area contributed by atoms with Crippen LogP contribution in [0.2, 0.25) is 0 Å². The number of nitrogens with one attached hydrogen (secondary N) is 1. The molecule has 0 saturated heterocycles. The summed E-state index contributed by atoms with van der Waals surface area (Å²) in [5.41, 5.74) is 5.15. The second-order valence-corrected chi connectivity index (χ2v) is 3.64. The van der Waals surface area contributed by atoms with Crippen molar-refractivity contribution >= 4 is 17.4 Å². The molecule has 2 aromatic rings. The Morgan fingerprint density at radius 1 is 1.35 bits per heavy atom. The summed E-state index contributed by atoms with van der Waals surface area (Å²) < 4.78 is 44.4. The lowest BCUT2D eigenvalue weighted by molar-refractivity contribution is -0.274. The standard InChI is InChI=1S/C11H8F3N3O3/c12-11(13,14)20-8-2-1-6(5-7(8)15)10(18)16-9-3-4-19-17-9/h1-5H,15H2,(H,16,17,18). The average molecular weight is 287 g/mol. The SMILES string of the molecule is Nc1cc(C(=O)Nc2ccon2)ccc1OC(F)(F)F. The second-order valence-electron chi connectivity index (χ2n) is 3.64. The van der Waals surface area contributed by atoms with Gasteiger partial charge in [0.05, 0.1) is 5.69 Å². The normalized spacial score (nSPS) is 11.2. The van der Waals surface area contributed by atoms with Crippen LogP contribution in [0.25, 0.3) is 0 Å². The minimum Gasteiger partial charge on any atom is -0.404 e. The third kappa shape index (κ3) is 3.40. The smallest absolute Gasteiger partial charge is 0.404 e. The predicted octanol–water partition coefficient (Wildman–Crippen LogP) is 2.41. The molecule has 0 unspecified atom stereocenters. The highest BCUT2D eigenvalue weighted by Gasteiger charge is 2.32. The van der Waals surface area contributed by atoms with Gasteiger partial charge in [-0.25, -0.2) is 0 Å². The maximum Gasteiger partial charge on any atom is 0.573 e. The molecule has 0 spiro atoms. The summed E-state index contributed by atoms with van der Waals surface area (Å²) in [7, 11) is 0. The van der Waals surface area contributed by atoms with Crippen LogP contribution in [0.15, 0.2) is 35.1 Å². The average Bonchev–Trinajstić information content (AvgIpc) is 2.83. The molecule has 6 nitrogen and oxygen atoms in total. The topological polar surface area (TPSA) is 90.4 Å². The van der Waals surface area contributed by atoms with Gasteiger partial charge in [0, 0.05) is 11.6 Å². The number of nitrogen functional groups attached to an aromatic ring is 1. The van der Waals surface area contributed by atoms with Gasteiger partial charge in [-0.2, -0.15) is 0 Å². The van der Waals surface area contributed by atoms with Crippen molar-refractivity contribution in [1.82, 2.24) is 5.16 Å². The van der Waals surface area contributed by atoms with E-state index in [1.807, 2.05) is 0 Å². The number of carbonyl (C=O) groups excluding carboxylic acids is 1. The number of halogens is 3. The van der Waals surface area contributed by atoms with Crippen molar-refractivity contribution in [1.29, 1.82) is 0 Å². The van der Waals surface area contributed by atoms with Crippen molar-refractivity contribution in [3.8, 4) is 5.75 Å². The van der Waals surface area contributed by atoms with E-state index in [1.54, 1.807) is 0 Å². The van der Waals surface area contributed by atoms with E-state index in [0.29, 0.717) is 0 Å². The Kier molecular flexibility index (Phi) is 3.51. The van der Waals surface area contributed by atoms with Crippen LogP contribution in [0.1, 0.15) is 10.4 Å². The molecule has 0 aliphatic carbocycles. The molecule has 0 fully saturated rings. The van der Waals surface area contributed by atoms with Gasteiger partial charge in [-0.1, -0.05) is 5.16 Å². The van der Waals surface area contributed by atoms with E-state index >= 15 is 0 Å². The van der Waals surface area contributed by atoms with E-state index in [2.05, 4.69) is 19.7 Å². The van der Waals surface area contributed by atoms with Crippen molar-refractivity contribution in [2.75, 3.05) is 11.1 Å². The highest BCUT2D eigenvalue weighted by Crippen LogP contribution is 2.29. The molecule has 20 heavy (non-hydrogen) atoms. The Labute approximate surface area is 110 Å². The number of hydrogen-bond donors (Lipinski definition) is 2. The van der Waals surface area contributed by atoms with Crippen LogP contribution in [-0.4, -0.2) is 17.4 Å². The molecular formula is C11H8F3N3O3. The lowest BCUT2D eigenvalue weighted by atomic mass is 10.2. The Balaban J connectivity index is 2.14. The number of carbonyl (C=O) groups is 1. The van der Waals surface area contributed by atoms with Gasteiger partial charge in [-0.15, -0.1) is 13.2 Å². The molecule has 0 saturated carbocycles. The number of alkyl halides is 3. The molecule has 1 heterocycles. The Morgan fingerprint density at radius 3 is 2.65 bits per heavy atom. The van der Waals surface area contributed by atoms with Crippen LogP contribution in [0.3, 0.4) is 0 Å². The monoisotopic (exact) mass is 287 g/mol. The van der Waals surface area contributed by atoms with Gasteiger partial charge in [0.2, 0.25) is 0 Å². The van der Waals surface area contributed by atoms with Gasteiger partial charge in [0.15, 0.2) is 11.6 Å². The Bertz CT molecular complexity index is 611. The van der Waals surface area contributed by atoms with E-state index in [9.17, 15) is 18.0 Å². The van der Waals surface area contributed by atoms with E-state index in [0.717, 1.165) is 18.2 Å². The zero-order chi connectivity index (χ0) is 14.8. The molecular weight excluding hydrogens is 279 g/mol. The second kappa shape index (κ2) is 5.11. The highest BCUT2D eigenvalue weighted by molar-refractivity contribution is 6.04. The number of amides is 1. The predicted molar refractivity (Wildman–Crippen MR) is 62.0 cm³/mol. The van der Waals surface area contributed by atoms with Crippen molar-refractivity contribution in [2.45, 2.75) is 6.36 Å². The van der Waals surface area contributed by atoms with E-state index < -0.39 is 18.0 Å². The first-order chi connectivity index (χ1) is 9.35. The van der Waals surface area contributed by atoms with Gasteiger partial charge >= 0.3 is 6.36 Å². The molecule has 2 rings (SSSR count). The van der Waals surface area contributed by atoms with Gasteiger partial charge in [0.25, 0.3) is 5.91 Å². The molecule has 0 atom stereocenters. The van der Waals surface area contributed by atoms with Crippen molar-refractivity contribution in [2.24, 2.45) is 0 Å². The third-order valence-corrected chi connectivity index (χ3v) is 2.18. The minimum absolute atomic E-state index is 0.0556. The number of nitrogens with two attached hydrogens (primary N) is 1. The van der Waals surface area contributed by atoms with E-state index in [1.165, 1.54) is 12.3 Å². The number of hydrogen-bond acceptors (Lipinski definition) is 5. The summed E-state index contributed by atoms with van der Waals surface area (Å²) in [4.78, 5) is 11.7. The molecule has 1 amide bonds. The summed E-state index contributed by atoms with van der Waals surface area (Å²) in [5.74, 6) is -0.996. The molecule has 3 N–H and O–H groups in total. The van der Waals surface area contributed by atoms with Crippen LogP contribution in [0.4, 0.5) is 24.7 Å². The molecule has 1 aromatic heterocycles. The summed E-state index contributed by atoms with van der Waals surface area (Å²) in [6, 6.07) is 4.58. The number of rotatable bonds is 3. The first kappa shape index (κ1) is 13.7. The zero-order valence-corrected chi connectivity index (χ0v) is 9.77. The molecule has 0 radical (unpaired) electrons. The molecule has 1 aromatic carbocycles. The maximum absolute atomic E-state index is 12.1. The lowest BCUT2D eigenvalue weighted by Crippen LogP contribution is -2.18. The summed E-state index contributed by atoms with van der Waals surface area (Å²) >= 11 is 0. The number of anilines is 2. The van der Waals surface area contributed by atoms with Crippen LogP contribution >= 0.6 is 0 Å². The highest BCUT2D eigenvalue weighted by atomic mass is 19.4. The third-order valence-electron chi connectivity index (χ3n) is 2.18. The van der Waals surface area contributed by atoms with Crippen LogP contribution in [0, 0.1) is 0 Å². The van der Waals surface area contributed by atoms with Gasteiger partial charge < -0.3 is 20.3 Å². The van der Waals surface area contributed by atoms with Crippen molar-refractivity contribution in [3.63, 3.8) is 0 Å². The largest absolute Gasteiger partial charge is 0.573 e. The molecule has 0 aliphatic rings. The Hall–Kier alpha value is -2.71. The fraction of sp³-hybridized carbons (Fsp3) is 0.0909. The summed E-state index contributed by atoms with van der Waals surface area (Å²) in [5, 5.41) is 5.83. The first-order valence-electron chi connectivity index (χ1n) is 5.22. The lowest BCUT2D eigenvalue weighted by Gasteiger charge is -2.11. The molecule has 9 heteroatoms. The van der Waals surface area contributed by atoms with E-state index in [-0.39, 0.29) is 17.1 Å². The van der Waals surface area contributed by atoms with Crippen LogP contribution in [-0.2, 0) is 0 Å². The quantitative estimate of drug-likeness (QED) is 0.846. The Morgan fingerprint density at radius 2 is 2.10 bits per heavy atom. The zero-order valence-electron chi connectivity index (χ0n) is 9.77. The summed E-state index contributed by atoms with van der Waals surface area (Å²) in [6.07, 6.45) is -3.59. The molecule has 0 aliphatic heterocycles. The van der Waals surface area contributed by atoms with Crippen LogP contribution in [0.5, 0.6) is 5.75 Å². The minimum atomic E-state index is -4.85. The number of benzene rings is 1. The van der Waals surface area contributed by atoms with Gasteiger partial charge in [-0.3, -0.25) is 4.79 Å². The van der Waals surface area contributed by atoms with Crippen molar-refractivity contribution < 1.29 is 27.2 Å². The van der Waals surface area contributed by atoms with E-state index in [4.69, 9.17) is 5.73 Å². The number of aromatic nitrogens is 1. The van der Waals surface area contributed by atoms with Crippen LogP contribution < -0.4 is 15.8 Å². The molecule has 0 bridgehead atoms.